The van der Waals surface area contributed by atoms with Gasteiger partial charge in [0.2, 0.25) is 5.91 Å². The highest BCUT2D eigenvalue weighted by molar-refractivity contribution is 6.31. The molecule has 0 bridgehead atoms. The number of nitrogens with zero attached hydrogens (tertiary/aromatic N) is 1. The topological polar surface area (TPSA) is 70.7 Å². The van der Waals surface area contributed by atoms with E-state index in [0.717, 1.165) is 30.6 Å². The first kappa shape index (κ1) is 22.9. The van der Waals surface area contributed by atoms with Gasteiger partial charge in [0.15, 0.2) is 0 Å². The van der Waals surface area contributed by atoms with Crippen molar-refractivity contribution < 1.29 is 14.3 Å². The Morgan fingerprint density at radius 1 is 1.13 bits per heavy atom. The van der Waals surface area contributed by atoms with E-state index in [9.17, 15) is 9.59 Å². The van der Waals surface area contributed by atoms with Gasteiger partial charge in [-0.3, -0.25) is 9.59 Å². The van der Waals surface area contributed by atoms with E-state index < -0.39 is 0 Å². The molecule has 0 radical (unpaired) electrons. The van der Waals surface area contributed by atoms with Crippen LogP contribution in [-0.4, -0.2) is 42.5 Å². The molecule has 0 spiro atoms. The lowest BCUT2D eigenvalue weighted by Crippen LogP contribution is -2.47. The van der Waals surface area contributed by atoms with Gasteiger partial charge >= 0.3 is 0 Å². The van der Waals surface area contributed by atoms with Crippen LogP contribution in [0.1, 0.15) is 49.0 Å². The second-order valence-corrected chi connectivity index (χ2v) is 8.45. The number of anilines is 1. The van der Waals surface area contributed by atoms with Crippen LogP contribution < -0.4 is 15.4 Å². The fourth-order valence-electron chi connectivity index (χ4n) is 4.03. The third-order valence-electron chi connectivity index (χ3n) is 5.70. The number of hydrogen-bond acceptors (Lipinski definition) is 4. The van der Waals surface area contributed by atoms with E-state index in [0.29, 0.717) is 22.8 Å². The van der Waals surface area contributed by atoms with Crippen LogP contribution >= 0.6 is 11.6 Å². The summed E-state index contributed by atoms with van der Waals surface area (Å²) in [6.07, 6.45) is 3.11. The summed E-state index contributed by atoms with van der Waals surface area (Å²) in [4.78, 5) is 27.6. The Bertz CT molecular complexity index is 924. The van der Waals surface area contributed by atoms with Gasteiger partial charge < -0.3 is 20.3 Å². The molecule has 2 amide bonds. The zero-order chi connectivity index (χ0) is 22.4. The fourth-order valence-corrected chi connectivity index (χ4v) is 4.20. The second kappa shape index (κ2) is 10.5. The zero-order valence-electron chi connectivity index (χ0n) is 18.3. The van der Waals surface area contributed by atoms with E-state index in [4.69, 9.17) is 16.3 Å². The van der Waals surface area contributed by atoms with Crippen molar-refractivity contribution >= 4 is 29.1 Å². The second-order valence-electron chi connectivity index (χ2n) is 8.01. The van der Waals surface area contributed by atoms with Gasteiger partial charge in [-0.05, 0) is 69.0 Å². The van der Waals surface area contributed by atoms with E-state index in [1.807, 2.05) is 29.2 Å². The maximum absolute atomic E-state index is 13.3. The highest BCUT2D eigenvalue weighted by Gasteiger charge is 2.31. The van der Waals surface area contributed by atoms with E-state index >= 15 is 0 Å². The number of likely N-dealkylation sites (tertiary alicyclic amines) is 1. The van der Waals surface area contributed by atoms with Crippen LogP contribution in [0.15, 0.2) is 42.5 Å². The van der Waals surface area contributed by atoms with Crippen LogP contribution in [0.25, 0.3) is 0 Å². The van der Waals surface area contributed by atoms with Gasteiger partial charge in [0, 0.05) is 29.3 Å². The maximum Gasteiger partial charge on any atom is 0.256 e. The number of carbonyl (C=O) groups excluding carboxylic acids is 2. The molecule has 6 nitrogen and oxygen atoms in total. The van der Waals surface area contributed by atoms with Crippen LogP contribution in [0.5, 0.6) is 5.75 Å². The van der Waals surface area contributed by atoms with E-state index in [1.54, 1.807) is 25.3 Å². The van der Waals surface area contributed by atoms with Crippen molar-refractivity contribution in [1.82, 2.24) is 10.2 Å². The molecular weight excluding hydrogens is 414 g/mol. The minimum atomic E-state index is -0.170. The molecular formula is C24H30ClN3O3. The van der Waals surface area contributed by atoms with Crippen LogP contribution in [0, 0.1) is 0 Å². The molecule has 0 unspecified atom stereocenters. The number of rotatable bonds is 7. The fraction of sp³-hybridized carbons (Fsp3) is 0.417. The number of methoxy groups -OCH3 is 1. The Morgan fingerprint density at radius 3 is 2.58 bits per heavy atom. The van der Waals surface area contributed by atoms with Crippen molar-refractivity contribution in [3.8, 4) is 5.75 Å². The van der Waals surface area contributed by atoms with Gasteiger partial charge in [0.1, 0.15) is 5.75 Å². The summed E-state index contributed by atoms with van der Waals surface area (Å²) in [5.41, 5.74) is 2.05. The Morgan fingerprint density at radius 2 is 1.87 bits per heavy atom. The lowest BCUT2D eigenvalue weighted by atomic mass is 9.96. The smallest absolute Gasteiger partial charge is 0.256 e. The summed E-state index contributed by atoms with van der Waals surface area (Å²) in [5.74, 6) is 0.521. The van der Waals surface area contributed by atoms with Gasteiger partial charge in [-0.1, -0.05) is 23.7 Å². The van der Waals surface area contributed by atoms with E-state index in [1.165, 1.54) is 0 Å². The van der Waals surface area contributed by atoms with Crippen LogP contribution in [0.4, 0.5) is 5.69 Å². The number of hydrogen-bond donors (Lipinski definition) is 2. The maximum atomic E-state index is 13.3. The van der Waals surface area contributed by atoms with Crippen LogP contribution in [0.3, 0.4) is 0 Å². The normalized spacial score (nSPS) is 18.4. The molecule has 1 heterocycles. The standard InChI is InChI=1S/C24H30ClN3O3/c1-16-6-4-7-17(2)28(16)24(30)21-13-19(25)10-11-22(21)26-15-23(29)27-14-18-8-5-9-20(12-18)31-3/h5,8-13,16-17,26H,4,6-7,14-15H2,1-3H3,(H,27,29)/t16-,17-/m0/s1. The van der Waals surface area contributed by atoms with Gasteiger partial charge in [0.05, 0.1) is 19.2 Å². The molecule has 1 fully saturated rings. The van der Waals surface area contributed by atoms with E-state index in [2.05, 4.69) is 24.5 Å². The van der Waals surface area contributed by atoms with Crippen molar-refractivity contribution in [2.24, 2.45) is 0 Å². The third-order valence-corrected chi connectivity index (χ3v) is 5.94. The predicted molar refractivity (Wildman–Crippen MR) is 124 cm³/mol. The number of carbonyl (C=O) groups is 2. The molecule has 31 heavy (non-hydrogen) atoms. The lowest BCUT2D eigenvalue weighted by molar-refractivity contribution is -0.119. The highest BCUT2D eigenvalue weighted by Crippen LogP contribution is 2.28. The largest absolute Gasteiger partial charge is 0.497 e. The average Bonchev–Trinajstić information content (AvgIpc) is 2.76. The molecule has 2 aromatic carbocycles. The number of piperidine rings is 1. The first-order valence-corrected chi connectivity index (χ1v) is 11.0. The summed E-state index contributed by atoms with van der Waals surface area (Å²) in [6.45, 7) is 4.61. The average molecular weight is 444 g/mol. The number of halogens is 1. The Labute approximate surface area is 188 Å². The summed E-state index contributed by atoms with van der Waals surface area (Å²) in [7, 11) is 1.61. The molecule has 1 aliphatic rings. The monoisotopic (exact) mass is 443 g/mol. The van der Waals surface area contributed by atoms with E-state index in [-0.39, 0.29) is 30.4 Å². The van der Waals surface area contributed by atoms with Gasteiger partial charge in [-0.15, -0.1) is 0 Å². The van der Waals surface area contributed by atoms with Gasteiger partial charge in [-0.2, -0.15) is 0 Å². The minimum absolute atomic E-state index is 0.0526. The number of nitrogens with one attached hydrogen (secondary N) is 2. The zero-order valence-corrected chi connectivity index (χ0v) is 19.0. The number of ether oxygens (including phenoxy) is 1. The van der Waals surface area contributed by atoms with Crippen molar-refractivity contribution in [1.29, 1.82) is 0 Å². The SMILES string of the molecule is COc1cccc(CNC(=O)CNc2ccc(Cl)cc2C(=O)N2[C@@H](C)CCC[C@@H]2C)c1. The van der Waals surface area contributed by atoms with Crippen LogP contribution in [0.2, 0.25) is 5.02 Å². The summed E-state index contributed by atoms with van der Waals surface area (Å²) < 4.78 is 5.21. The van der Waals surface area contributed by atoms with Gasteiger partial charge in [0.25, 0.3) is 5.91 Å². The van der Waals surface area contributed by atoms with Gasteiger partial charge in [-0.25, -0.2) is 0 Å². The van der Waals surface area contributed by atoms with Crippen molar-refractivity contribution in [3.63, 3.8) is 0 Å². The third kappa shape index (κ3) is 5.91. The molecule has 0 aliphatic carbocycles. The predicted octanol–water partition coefficient (Wildman–Crippen LogP) is 4.48. The minimum Gasteiger partial charge on any atom is -0.497 e. The number of benzene rings is 2. The van der Waals surface area contributed by atoms with Crippen molar-refractivity contribution in [3.05, 3.63) is 58.6 Å². The quantitative estimate of drug-likeness (QED) is 0.661. The molecule has 0 aromatic heterocycles. The molecule has 166 valence electrons. The highest BCUT2D eigenvalue weighted by atomic mass is 35.5. The lowest BCUT2D eigenvalue weighted by Gasteiger charge is -2.39. The number of amides is 2. The Kier molecular flexibility index (Phi) is 7.80. The first-order valence-electron chi connectivity index (χ1n) is 10.6. The summed E-state index contributed by atoms with van der Waals surface area (Å²) >= 11 is 6.19. The molecule has 1 aliphatic heterocycles. The molecule has 2 N–H and O–H groups in total. The first-order chi connectivity index (χ1) is 14.9. The van der Waals surface area contributed by atoms with Crippen molar-refractivity contribution in [2.75, 3.05) is 19.0 Å². The molecule has 2 aromatic rings. The summed E-state index contributed by atoms with van der Waals surface area (Å²) in [5, 5.41) is 6.48. The molecule has 7 heteroatoms. The summed E-state index contributed by atoms with van der Waals surface area (Å²) in [6, 6.07) is 13.0. The Hall–Kier alpha value is -2.73. The molecule has 2 atom stereocenters. The molecule has 3 rings (SSSR count). The molecule has 0 saturated carbocycles. The Balaban J connectivity index is 1.65. The van der Waals surface area contributed by atoms with Crippen LogP contribution in [-0.2, 0) is 11.3 Å². The molecule has 1 saturated heterocycles. The van der Waals surface area contributed by atoms with Crippen molar-refractivity contribution in [2.45, 2.75) is 51.7 Å².